The molecule has 0 bridgehead atoms. The van der Waals surface area contributed by atoms with Crippen molar-refractivity contribution in [3.8, 4) is 0 Å². The van der Waals surface area contributed by atoms with E-state index in [4.69, 9.17) is 9.16 Å². The van der Waals surface area contributed by atoms with Gasteiger partial charge in [-0.05, 0) is 84.4 Å². The van der Waals surface area contributed by atoms with E-state index >= 15 is 0 Å². The quantitative estimate of drug-likeness (QED) is 0.190. The van der Waals surface area contributed by atoms with Gasteiger partial charge in [0, 0.05) is 6.42 Å². The molecule has 0 saturated heterocycles. The molecule has 2 nitrogen and oxygen atoms in total. The van der Waals surface area contributed by atoms with Crippen LogP contribution < -0.4 is 0 Å². The Labute approximate surface area is 200 Å². The van der Waals surface area contributed by atoms with Crippen LogP contribution in [0.1, 0.15) is 80.1 Å². The maximum atomic E-state index is 6.76. The molecule has 0 aromatic heterocycles. The van der Waals surface area contributed by atoms with Crippen LogP contribution in [-0.2, 0) is 9.16 Å². The fourth-order valence-corrected chi connectivity index (χ4v) is 8.68. The number of halogens is 1. The second-order valence-corrected chi connectivity index (χ2v) is 17.7. The molecule has 0 aromatic carbocycles. The Balaban J connectivity index is 1.55. The predicted octanol–water partition coefficient (Wildman–Crippen LogP) is 8.28. The van der Waals surface area contributed by atoms with Crippen LogP contribution in [0.5, 0.6) is 0 Å². The molecule has 0 radical (unpaired) electrons. The van der Waals surface area contributed by atoms with E-state index in [0.29, 0.717) is 11.3 Å². The molecule has 3 rings (SSSR count). The van der Waals surface area contributed by atoms with E-state index in [0.717, 1.165) is 24.9 Å². The van der Waals surface area contributed by atoms with Crippen molar-refractivity contribution in [1.82, 2.24) is 0 Å². The molecule has 30 heavy (non-hydrogen) atoms. The van der Waals surface area contributed by atoms with E-state index in [9.17, 15) is 0 Å². The lowest BCUT2D eigenvalue weighted by atomic mass is 9.61. The summed E-state index contributed by atoms with van der Waals surface area (Å²) < 4.78 is 15.6. The summed E-state index contributed by atoms with van der Waals surface area (Å²) in [4.78, 5) is 0. The van der Waals surface area contributed by atoms with Crippen molar-refractivity contribution in [1.29, 1.82) is 0 Å². The summed E-state index contributed by atoms with van der Waals surface area (Å²) in [5, 5.41) is 0.233. The first-order chi connectivity index (χ1) is 13.8. The van der Waals surface area contributed by atoms with Gasteiger partial charge in [0.05, 0.1) is 18.3 Å². The zero-order valence-electron chi connectivity index (χ0n) is 20.7. The van der Waals surface area contributed by atoms with Gasteiger partial charge in [0.2, 0.25) is 0 Å². The third-order valence-electron chi connectivity index (χ3n) is 9.00. The smallest absolute Gasteiger partial charge is 0.193 e. The van der Waals surface area contributed by atoms with Gasteiger partial charge in [-0.1, -0.05) is 74.9 Å². The highest BCUT2D eigenvalue weighted by molar-refractivity contribution is 14.1. The summed E-state index contributed by atoms with van der Waals surface area (Å²) in [5.74, 6) is 2.22. The van der Waals surface area contributed by atoms with Crippen LogP contribution in [0.15, 0.2) is 21.8 Å². The van der Waals surface area contributed by atoms with Crippen molar-refractivity contribution in [2.24, 2.45) is 23.2 Å². The van der Waals surface area contributed by atoms with Crippen LogP contribution >= 0.6 is 22.6 Å². The lowest BCUT2D eigenvalue weighted by Gasteiger charge is -2.44. The number of ether oxygens (including phenoxy) is 1. The first-order valence-electron chi connectivity index (χ1n) is 12.1. The molecule has 0 spiro atoms. The number of allylic oxidation sites excluding steroid dienone is 1. The first-order valence-corrected chi connectivity index (χ1v) is 16.3. The molecule has 0 aromatic rings. The Morgan fingerprint density at radius 3 is 2.60 bits per heavy atom. The van der Waals surface area contributed by atoms with Gasteiger partial charge in [0.1, 0.15) is 0 Å². The Bertz CT molecular complexity index is 679. The van der Waals surface area contributed by atoms with E-state index in [1.807, 2.05) is 0 Å². The normalized spacial score (nSPS) is 39.5. The van der Waals surface area contributed by atoms with Crippen molar-refractivity contribution >= 4 is 30.9 Å². The molecule has 172 valence electrons. The van der Waals surface area contributed by atoms with Crippen LogP contribution in [0.25, 0.3) is 0 Å². The largest absolute Gasteiger partial charge is 0.408 e. The summed E-state index contributed by atoms with van der Waals surface area (Å²) in [6, 6.07) is 0. The van der Waals surface area contributed by atoms with Crippen molar-refractivity contribution < 1.29 is 9.16 Å². The van der Waals surface area contributed by atoms with E-state index in [1.165, 1.54) is 32.1 Å². The summed E-state index contributed by atoms with van der Waals surface area (Å²) in [6.07, 6.45) is 12.5. The van der Waals surface area contributed by atoms with Gasteiger partial charge in [-0.15, -0.1) is 0 Å². The zero-order chi connectivity index (χ0) is 22.4. The molecule has 3 aliphatic rings. The minimum Gasteiger partial charge on any atom is -0.408 e. The predicted molar refractivity (Wildman–Crippen MR) is 140 cm³/mol. The summed E-state index contributed by atoms with van der Waals surface area (Å²) >= 11 is 2.47. The molecular weight excluding hydrogens is 499 g/mol. The summed E-state index contributed by atoms with van der Waals surface area (Å²) in [6.45, 7) is 19.8. The minimum absolute atomic E-state index is 0.176. The van der Waals surface area contributed by atoms with Crippen molar-refractivity contribution in [2.45, 2.75) is 110 Å². The maximum Gasteiger partial charge on any atom is 0.193 e. The van der Waals surface area contributed by atoms with Gasteiger partial charge >= 0.3 is 0 Å². The Morgan fingerprint density at radius 2 is 1.97 bits per heavy atom. The number of rotatable bonds is 6. The Morgan fingerprint density at radius 1 is 1.27 bits per heavy atom. The SMILES string of the molecule is C[C@@H](CO[C@@H]1C=C[C@](C)(O[Si](C)(C)C(C)(C)C)C1)[C@H]1CCC2/C(=C/I)CCC[C@@]21C. The van der Waals surface area contributed by atoms with Crippen molar-refractivity contribution in [3.63, 3.8) is 0 Å². The van der Waals surface area contributed by atoms with E-state index in [1.54, 1.807) is 5.57 Å². The maximum absolute atomic E-state index is 6.76. The number of hydrogen-bond acceptors (Lipinski definition) is 2. The monoisotopic (exact) mass is 544 g/mol. The molecule has 2 saturated carbocycles. The standard InChI is InChI=1S/C26H45IO2Si/c1-19(22-11-12-23-20(17-27)10-9-14-26(22,23)6)18-28-21-13-15-25(5,16-21)29-30(7,8)24(2,3)4/h13,15,17,19,21-23H,9-12,14,16,18H2,1-8H3/b20-17+/t19-,21+,22+,23?,25-,26+/m0/s1. The Hall–Kier alpha value is 0.347. The van der Waals surface area contributed by atoms with Gasteiger partial charge in [-0.3, -0.25) is 0 Å². The van der Waals surface area contributed by atoms with Crippen LogP contribution in [0.3, 0.4) is 0 Å². The van der Waals surface area contributed by atoms with E-state index in [-0.39, 0.29) is 16.7 Å². The van der Waals surface area contributed by atoms with Crippen molar-refractivity contribution in [2.75, 3.05) is 6.61 Å². The average Bonchev–Trinajstić information content (AvgIpc) is 3.17. The second-order valence-electron chi connectivity index (χ2n) is 12.4. The van der Waals surface area contributed by atoms with Gasteiger partial charge in [-0.2, -0.15) is 0 Å². The average molecular weight is 545 g/mol. The summed E-state index contributed by atoms with van der Waals surface area (Å²) in [7, 11) is -1.79. The highest BCUT2D eigenvalue weighted by Gasteiger charge is 2.51. The number of fused-ring (bicyclic) bond motifs is 1. The molecule has 0 N–H and O–H groups in total. The minimum atomic E-state index is -1.79. The van der Waals surface area contributed by atoms with Gasteiger partial charge in [0.15, 0.2) is 8.32 Å². The lowest BCUT2D eigenvalue weighted by molar-refractivity contribution is -0.00554. The highest BCUT2D eigenvalue weighted by Crippen LogP contribution is 2.59. The van der Waals surface area contributed by atoms with Crippen LogP contribution in [0, 0.1) is 23.2 Å². The fraction of sp³-hybridized carbons (Fsp3) is 0.846. The fourth-order valence-electron chi connectivity index (χ4n) is 6.31. The van der Waals surface area contributed by atoms with Crippen LogP contribution in [0.2, 0.25) is 18.1 Å². The third kappa shape index (κ3) is 4.96. The zero-order valence-corrected chi connectivity index (χ0v) is 23.8. The van der Waals surface area contributed by atoms with Crippen LogP contribution in [-0.4, -0.2) is 26.6 Å². The van der Waals surface area contributed by atoms with Crippen LogP contribution in [0.4, 0.5) is 0 Å². The molecule has 0 amide bonds. The number of hydrogen-bond donors (Lipinski definition) is 0. The molecule has 0 aliphatic heterocycles. The molecule has 6 atom stereocenters. The second kappa shape index (κ2) is 8.94. The lowest BCUT2D eigenvalue weighted by Crippen LogP contribution is -2.47. The van der Waals surface area contributed by atoms with Gasteiger partial charge in [0.25, 0.3) is 0 Å². The molecule has 1 unspecified atom stereocenters. The first kappa shape index (κ1) is 25.0. The molecular formula is C26H45IO2Si. The molecule has 4 heteroatoms. The third-order valence-corrected chi connectivity index (χ3v) is 14.4. The van der Waals surface area contributed by atoms with E-state index in [2.05, 4.69) is 93.5 Å². The topological polar surface area (TPSA) is 18.5 Å². The van der Waals surface area contributed by atoms with Crippen molar-refractivity contribution in [3.05, 3.63) is 21.8 Å². The molecule has 3 aliphatic carbocycles. The molecule has 0 heterocycles. The van der Waals surface area contributed by atoms with Gasteiger partial charge in [-0.25, -0.2) is 0 Å². The Kier molecular flexibility index (Phi) is 7.45. The highest BCUT2D eigenvalue weighted by atomic mass is 127. The summed E-state index contributed by atoms with van der Waals surface area (Å²) in [5.41, 5.74) is 2.02. The molecule has 2 fully saturated rings. The van der Waals surface area contributed by atoms with Gasteiger partial charge < -0.3 is 9.16 Å². The van der Waals surface area contributed by atoms with E-state index < -0.39 is 8.32 Å².